The van der Waals surface area contributed by atoms with Gasteiger partial charge < -0.3 is 0 Å². The number of alkyl halides is 5. The lowest BCUT2D eigenvalue weighted by Gasteiger charge is -2.23. The molecule has 1 fully saturated rings. The fraction of sp³-hybridized carbons (Fsp3) is 1.00. The van der Waals surface area contributed by atoms with Crippen molar-refractivity contribution in [2.75, 3.05) is 26.0 Å². The van der Waals surface area contributed by atoms with E-state index in [1.807, 2.05) is 0 Å². The SMILES string of the molecule is CS(=O)(=O)NS(=O)(=O)C(F)(F)C(F)(F)CF.O=S(=O)(F)N1CCCCC1. The van der Waals surface area contributed by atoms with Crippen LogP contribution < -0.4 is 4.13 Å². The van der Waals surface area contributed by atoms with Crippen molar-refractivity contribution in [3.8, 4) is 0 Å². The van der Waals surface area contributed by atoms with Crippen LogP contribution in [0.3, 0.4) is 0 Å². The third kappa shape index (κ3) is 7.16. The lowest BCUT2D eigenvalue weighted by Crippen LogP contribution is -2.54. The van der Waals surface area contributed by atoms with Crippen LogP contribution in [0.15, 0.2) is 0 Å². The van der Waals surface area contributed by atoms with Crippen molar-refractivity contribution in [2.24, 2.45) is 0 Å². The molecule has 0 aromatic heterocycles. The zero-order chi connectivity index (χ0) is 21.0. The summed E-state index contributed by atoms with van der Waals surface area (Å²) in [6, 6.07) is 0. The molecule has 0 spiro atoms. The van der Waals surface area contributed by atoms with Crippen molar-refractivity contribution in [1.82, 2.24) is 8.43 Å². The normalized spacial score (nSPS) is 18.1. The molecule has 1 aliphatic rings. The second kappa shape index (κ2) is 8.57. The molecule has 26 heavy (non-hydrogen) atoms. The average molecular weight is 458 g/mol. The largest absolute Gasteiger partial charge is 0.424 e. The van der Waals surface area contributed by atoms with Gasteiger partial charge in [0.2, 0.25) is 10.0 Å². The maximum Gasteiger partial charge on any atom is 0.424 e. The van der Waals surface area contributed by atoms with Crippen molar-refractivity contribution >= 4 is 30.5 Å². The summed E-state index contributed by atoms with van der Waals surface area (Å²) < 4.78 is 137. The van der Waals surface area contributed by atoms with Gasteiger partial charge >= 0.3 is 21.6 Å². The Balaban J connectivity index is 0.000000531. The van der Waals surface area contributed by atoms with Crippen LogP contribution in [0, 0.1) is 0 Å². The fourth-order valence-electron chi connectivity index (χ4n) is 1.61. The molecule has 0 amide bonds. The van der Waals surface area contributed by atoms with Crippen LogP contribution in [0.25, 0.3) is 0 Å². The molecule has 1 N–H and O–H groups in total. The maximum absolute atomic E-state index is 12.6. The topological polar surface area (TPSA) is 118 Å². The minimum atomic E-state index is -6.25. The molecule has 0 aliphatic carbocycles. The molecule has 0 bridgehead atoms. The zero-order valence-electron chi connectivity index (χ0n) is 13.1. The molecule has 17 heteroatoms. The standard InChI is InChI=1S/C5H10FNO2S.C4H6F5NO4S2/c6-10(8,9)7-4-2-1-3-5-7;1-15(11,12)10-16(13,14)4(8,9)3(6,7)2-5/h1-5H2;10H,2H2,1H3. The van der Waals surface area contributed by atoms with Crippen molar-refractivity contribution in [2.45, 2.75) is 30.4 Å². The second-order valence-electron chi connectivity index (χ2n) is 5.12. The summed E-state index contributed by atoms with van der Waals surface area (Å²) in [5.74, 6) is -5.52. The van der Waals surface area contributed by atoms with E-state index >= 15 is 0 Å². The van der Waals surface area contributed by atoms with Crippen molar-refractivity contribution < 1.29 is 51.1 Å². The van der Waals surface area contributed by atoms with Crippen molar-refractivity contribution in [1.29, 1.82) is 0 Å². The number of piperidine rings is 1. The Morgan fingerprint density at radius 3 is 1.62 bits per heavy atom. The summed E-state index contributed by atoms with van der Waals surface area (Å²) >= 11 is 0. The Labute approximate surface area is 147 Å². The molecule has 1 rings (SSSR count). The molecule has 1 heterocycles. The fourth-order valence-corrected chi connectivity index (χ4v) is 4.76. The van der Waals surface area contributed by atoms with Gasteiger partial charge in [-0.15, -0.1) is 4.13 Å². The van der Waals surface area contributed by atoms with E-state index < -0.39 is 48.3 Å². The van der Waals surface area contributed by atoms with E-state index in [9.17, 15) is 51.1 Å². The molecule has 1 aliphatic heterocycles. The summed E-state index contributed by atoms with van der Waals surface area (Å²) in [5, 5.41) is -5.88. The Hall–Kier alpha value is -0.650. The minimum absolute atomic E-state index is 0.161. The van der Waals surface area contributed by atoms with Crippen molar-refractivity contribution in [3.63, 3.8) is 0 Å². The molecule has 1 saturated heterocycles. The molecular weight excluding hydrogens is 442 g/mol. The highest BCUT2D eigenvalue weighted by Crippen LogP contribution is 2.38. The Kier molecular flexibility index (Phi) is 8.36. The van der Waals surface area contributed by atoms with Crippen LogP contribution in [0.2, 0.25) is 0 Å². The van der Waals surface area contributed by atoms with Gasteiger partial charge in [0.15, 0.2) is 6.67 Å². The Morgan fingerprint density at radius 2 is 1.35 bits per heavy atom. The first-order valence-electron chi connectivity index (χ1n) is 6.62. The lowest BCUT2D eigenvalue weighted by atomic mass is 10.2. The zero-order valence-corrected chi connectivity index (χ0v) is 15.6. The van der Waals surface area contributed by atoms with Gasteiger partial charge in [0.05, 0.1) is 6.26 Å². The summed E-state index contributed by atoms with van der Waals surface area (Å²) in [4.78, 5) is 0. The van der Waals surface area contributed by atoms with Gasteiger partial charge in [-0.05, 0) is 12.8 Å². The highest BCUT2D eigenvalue weighted by molar-refractivity contribution is 8.04. The maximum atomic E-state index is 12.6. The van der Waals surface area contributed by atoms with Crippen LogP contribution in [0.4, 0.5) is 25.8 Å². The van der Waals surface area contributed by atoms with Crippen LogP contribution in [-0.2, 0) is 30.5 Å². The quantitative estimate of drug-likeness (QED) is 0.464. The second-order valence-corrected chi connectivity index (χ2v) is 10.2. The number of hydrogen-bond acceptors (Lipinski definition) is 6. The van der Waals surface area contributed by atoms with E-state index in [1.54, 1.807) is 0 Å². The highest BCUT2D eigenvalue weighted by Gasteiger charge is 2.66. The van der Waals surface area contributed by atoms with Gasteiger partial charge in [0, 0.05) is 13.1 Å². The van der Waals surface area contributed by atoms with Crippen LogP contribution in [-0.4, -0.2) is 66.8 Å². The highest BCUT2D eigenvalue weighted by atomic mass is 32.3. The van der Waals surface area contributed by atoms with E-state index in [2.05, 4.69) is 0 Å². The van der Waals surface area contributed by atoms with Crippen LogP contribution in [0.1, 0.15) is 19.3 Å². The van der Waals surface area contributed by atoms with E-state index in [1.165, 1.54) is 0 Å². The van der Waals surface area contributed by atoms with Gasteiger partial charge in [0.25, 0.3) is 10.0 Å². The molecule has 0 aromatic carbocycles. The van der Waals surface area contributed by atoms with Gasteiger partial charge in [0.1, 0.15) is 0 Å². The Bertz CT molecular complexity index is 777. The molecule has 0 saturated carbocycles. The predicted octanol–water partition coefficient (Wildman–Crippen LogP) is 0.750. The number of halogens is 6. The first kappa shape index (κ1) is 25.4. The van der Waals surface area contributed by atoms with Crippen LogP contribution in [0.5, 0.6) is 0 Å². The monoisotopic (exact) mass is 458 g/mol. The third-order valence-corrected chi connectivity index (χ3v) is 6.86. The smallest absolute Gasteiger partial charge is 0.244 e. The molecule has 158 valence electrons. The third-order valence-electron chi connectivity index (χ3n) is 2.82. The van der Waals surface area contributed by atoms with Gasteiger partial charge in [-0.2, -0.15) is 30.3 Å². The summed E-state index contributed by atoms with van der Waals surface area (Å²) in [6.45, 7) is -2.26. The van der Waals surface area contributed by atoms with E-state index in [-0.39, 0.29) is 6.26 Å². The van der Waals surface area contributed by atoms with Gasteiger partial charge in [-0.25, -0.2) is 21.2 Å². The number of nitrogens with zero attached hydrogens (tertiary/aromatic N) is 1. The number of sulfonamides is 2. The summed E-state index contributed by atoms with van der Waals surface area (Å²) in [6.07, 6.45) is 2.73. The van der Waals surface area contributed by atoms with Gasteiger partial charge in [-0.1, -0.05) is 10.3 Å². The summed E-state index contributed by atoms with van der Waals surface area (Å²) in [7, 11) is -15.3. The average Bonchev–Trinajstić information content (AvgIpc) is 2.45. The number of hydrogen-bond donors (Lipinski definition) is 1. The molecule has 0 unspecified atom stereocenters. The minimum Gasteiger partial charge on any atom is -0.244 e. The number of nitrogens with one attached hydrogen (secondary N) is 1. The van der Waals surface area contributed by atoms with E-state index in [0.717, 1.165) is 23.6 Å². The van der Waals surface area contributed by atoms with Gasteiger partial charge in [-0.3, -0.25) is 0 Å². The van der Waals surface area contributed by atoms with Crippen LogP contribution >= 0.6 is 0 Å². The summed E-state index contributed by atoms with van der Waals surface area (Å²) in [5.41, 5.74) is 0. The first-order valence-corrected chi connectivity index (χ1v) is 11.3. The lowest BCUT2D eigenvalue weighted by molar-refractivity contribution is -0.166. The molecule has 0 atom stereocenters. The molecular formula is C9H16F6N2O6S3. The predicted molar refractivity (Wildman–Crippen MR) is 78.2 cm³/mol. The van der Waals surface area contributed by atoms with Crippen molar-refractivity contribution in [3.05, 3.63) is 0 Å². The number of rotatable bonds is 6. The molecule has 0 aromatic rings. The van der Waals surface area contributed by atoms with E-state index in [4.69, 9.17) is 0 Å². The Morgan fingerprint density at radius 1 is 0.923 bits per heavy atom. The molecule has 8 nitrogen and oxygen atoms in total. The molecule has 0 radical (unpaired) electrons. The first-order chi connectivity index (χ1) is 11.4. The van der Waals surface area contributed by atoms with E-state index in [0.29, 0.717) is 17.2 Å².